The van der Waals surface area contributed by atoms with E-state index in [2.05, 4.69) is 17.1 Å². The van der Waals surface area contributed by atoms with Gasteiger partial charge in [0.1, 0.15) is 0 Å². The van der Waals surface area contributed by atoms with E-state index in [-0.39, 0.29) is 5.91 Å². The third-order valence-electron chi connectivity index (χ3n) is 5.90. The van der Waals surface area contributed by atoms with Crippen LogP contribution in [-0.2, 0) is 14.3 Å². The molecule has 2 aliphatic heterocycles. The number of hydrogen-bond acceptors (Lipinski definition) is 4. The molecule has 1 amide bonds. The number of carbonyl (C=O) groups is 1. The zero-order valence-electron chi connectivity index (χ0n) is 15.2. The highest BCUT2D eigenvalue weighted by Gasteiger charge is 2.29. The first-order valence-corrected chi connectivity index (χ1v) is 9.93. The van der Waals surface area contributed by atoms with Crippen LogP contribution in [0.5, 0.6) is 0 Å². The Hall–Kier alpha value is -0.650. The quantitative estimate of drug-likeness (QED) is 0.808. The molecule has 24 heavy (non-hydrogen) atoms. The van der Waals surface area contributed by atoms with Gasteiger partial charge in [0.2, 0.25) is 5.91 Å². The van der Waals surface area contributed by atoms with Crippen LogP contribution in [0, 0.1) is 5.92 Å². The minimum atomic E-state index is 0.179. The fraction of sp³-hybridized carbons (Fsp3) is 0.947. The molecule has 0 radical (unpaired) electrons. The summed E-state index contributed by atoms with van der Waals surface area (Å²) < 4.78 is 11.2. The summed E-state index contributed by atoms with van der Waals surface area (Å²) >= 11 is 0. The normalized spacial score (nSPS) is 32.2. The van der Waals surface area contributed by atoms with Crippen molar-refractivity contribution in [3.63, 3.8) is 0 Å². The predicted octanol–water partition coefficient (Wildman–Crippen LogP) is 2.34. The van der Waals surface area contributed by atoms with Gasteiger partial charge in [0.05, 0.1) is 12.6 Å². The van der Waals surface area contributed by atoms with E-state index in [1.807, 2.05) is 0 Å². The zero-order valence-corrected chi connectivity index (χ0v) is 15.2. The number of amides is 1. The van der Waals surface area contributed by atoms with E-state index in [1.54, 1.807) is 0 Å². The van der Waals surface area contributed by atoms with Crippen LogP contribution < -0.4 is 5.32 Å². The molecule has 0 spiro atoms. The molecule has 1 aliphatic carbocycles. The van der Waals surface area contributed by atoms with Crippen LogP contribution in [0.3, 0.4) is 0 Å². The van der Waals surface area contributed by atoms with E-state index in [9.17, 15) is 4.79 Å². The fourth-order valence-corrected chi connectivity index (χ4v) is 4.30. The summed E-state index contributed by atoms with van der Waals surface area (Å²) in [5.41, 5.74) is 0. The Morgan fingerprint density at radius 2 is 1.79 bits per heavy atom. The molecular weight excluding hydrogens is 304 g/mol. The van der Waals surface area contributed by atoms with Crippen molar-refractivity contribution >= 4 is 5.91 Å². The average Bonchev–Trinajstić information content (AvgIpc) is 3.09. The van der Waals surface area contributed by atoms with Gasteiger partial charge in [-0.1, -0.05) is 6.92 Å². The maximum Gasteiger partial charge on any atom is 0.234 e. The van der Waals surface area contributed by atoms with Gasteiger partial charge < -0.3 is 14.8 Å². The summed E-state index contributed by atoms with van der Waals surface area (Å²) in [5, 5.41) is 3.22. The number of ether oxygens (including phenoxy) is 2. The van der Waals surface area contributed by atoms with Crippen molar-refractivity contribution in [3.05, 3.63) is 0 Å². The van der Waals surface area contributed by atoms with Gasteiger partial charge in [0.25, 0.3) is 0 Å². The molecule has 138 valence electrons. The van der Waals surface area contributed by atoms with Crippen molar-refractivity contribution in [1.82, 2.24) is 10.2 Å². The lowest BCUT2D eigenvalue weighted by molar-refractivity contribution is -0.124. The maximum absolute atomic E-state index is 12.6. The largest absolute Gasteiger partial charge is 0.381 e. The summed E-state index contributed by atoms with van der Waals surface area (Å²) in [4.78, 5) is 15.0. The lowest BCUT2D eigenvalue weighted by atomic mass is 9.86. The van der Waals surface area contributed by atoms with Crippen molar-refractivity contribution in [3.8, 4) is 0 Å². The Kier molecular flexibility index (Phi) is 6.93. The van der Waals surface area contributed by atoms with Crippen LogP contribution in [0.15, 0.2) is 0 Å². The molecule has 1 N–H and O–H groups in total. The molecule has 0 aromatic rings. The molecule has 3 aliphatic rings. The molecule has 3 rings (SSSR count). The molecule has 0 bridgehead atoms. The van der Waals surface area contributed by atoms with E-state index >= 15 is 0 Å². The number of nitrogens with one attached hydrogen (secondary N) is 1. The highest BCUT2D eigenvalue weighted by Crippen LogP contribution is 2.28. The molecule has 5 heteroatoms. The second kappa shape index (κ2) is 9.16. The summed E-state index contributed by atoms with van der Waals surface area (Å²) in [5.74, 6) is 1.01. The van der Waals surface area contributed by atoms with Crippen molar-refractivity contribution in [2.45, 2.75) is 76.5 Å². The molecule has 0 aromatic heterocycles. The van der Waals surface area contributed by atoms with E-state index < -0.39 is 0 Å². The van der Waals surface area contributed by atoms with E-state index in [1.165, 1.54) is 25.7 Å². The Balaban J connectivity index is 1.52. The highest BCUT2D eigenvalue weighted by molar-refractivity contribution is 5.78. The van der Waals surface area contributed by atoms with Crippen molar-refractivity contribution in [1.29, 1.82) is 0 Å². The van der Waals surface area contributed by atoms with Crippen LogP contribution in [-0.4, -0.2) is 61.9 Å². The first-order valence-electron chi connectivity index (χ1n) is 9.93. The molecule has 1 saturated carbocycles. The van der Waals surface area contributed by atoms with Crippen molar-refractivity contribution in [2.75, 3.05) is 32.9 Å². The number of carbonyl (C=O) groups excluding carboxylic acids is 1. The van der Waals surface area contributed by atoms with Crippen LogP contribution >= 0.6 is 0 Å². The molecule has 5 nitrogen and oxygen atoms in total. The van der Waals surface area contributed by atoms with Crippen LogP contribution in [0.1, 0.15) is 58.3 Å². The second-order valence-electron chi connectivity index (χ2n) is 7.93. The third-order valence-corrected chi connectivity index (χ3v) is 5.90. The Labute approximate surface area is 146 Å². The first kappa shape index (κ1) is 18.2. The second-order valence-corrected chi connectivity index (χ2v) is 7.93. The molecule has 3 fully saturated rings. The third kappa shape index (κ3) is 5.43. The molecule has 2 saturated heterocycles. The standard InChI is InChI=1S/C19H34N2O3/c1-15-4-6-17(7-5-15)21(13-18-3-2-10-24-18)14-19(22)20-16-8-11-23-12-9-16/h15-18H,2-14H2,1H3,(H,20,22)/t15?,17?,18-/m0/s1. The van der Waals surface area contributed by atoms with Gasteiger partial charge in [-0.2, -0.15) is 0 Å². The molecular formula is C19H34N2O3. The van der Waals surface area contributed by atoms with Gasteiger partial charge in [-0.3, -0.25) is 9.69 Å². The number of hydrogen-bond donors (Lipinski definition) is 1. The summed E-state index contributed by atoms with van der Waals surface area (Å²) in [6, 6.07) is 0.841. The topological polar surface area (TPSA) is 50.8 Å². The highest BCUT2D eigenvalue weighted by atomic mass is 16.5. The monoisotopic (exact) mass is 338 g/mol. The summed E-state index contributed by atoms with van der Waals surface area (Å²) in [6.45, 7) is 6.21. The maximum atomic E-state index is 12.6. The van der Waals surface area contributed by atoms with Gasteiger partial charge in [-0.05, 0) is 57.3 Å². The number of rotatable bonds is 6. The van der Waals surface area contributed by atoms with Gasteiger partial charge in [-0.15, -0.1) is 0 Å². The minimum absolute atomic E-state index is 0.179. The Morgan fingerprint density at radius 3 is 2.46 bits per heavy atom. The van der Waals surface area contributed by atoms with Crippen molar-refractivity contribution < 1.29 is 14.3 Å². The number of nitrogens with zero attached hydrogens (tertiary/aromatic N) is 1. The Morgan fingerprint density at radius 1 is 1.04 bits per heavy atom. The predicted molar refractivity (Wildman–Crippen MR) is 94.0 cm³/mol. The molecule has 2 heterocycles. The molecule has 0 unspecified atom stereocenters. The van der Waals surface area contributed by atoms with Gasteiger partial charge in [0.15, 0.2) is 0 Å². The minimum Gasteiger partial charge on any atom is -0.381 e. The average molecular weight is 338 g/mol. The van der Waals surface area contributed by atoms with E-state index in [4.69, 9.17) is 9.47 Å². The van der Waals surface area contributed by atoms with Crippen molar-refractivity contribution in [2.24, 2.45) is 5.92 Å². The molecule has 0 aromatic carbocycles. The lowest BCUT2D eigenvalue weighted by Gasteiger charge is -2.37. The first-order chi connectivity index (χ1) is 11.7. The van der Waals surface area contributed by atoms with Crippen LogP contribution in [0.4, 0.5) is 0 Å². The van der Waals surface area contributed by atoms with Crippen LogP contribution in [0.25, 0.3) is 0 Å². The van der Waals surface area contributed by atoms with Gasteiger partial charge in [0, 0.05) is 38.4 Å². The van der Waals surface area contributed by atoms with E-state index in [0.29, 0.717) is 24.7 Å². The van der Waals surface area contributed by atoms with Gasteiger partial charge in [-0.25, -0.2) is 0 Å². The lowest BCUT2D eigenvalue weighted by Crippen LogP contribution is -2.49. The van der Waals surface area contributed by atoms with Gasteiger partial charge >= 0.3 is 0 Å². The zero-order chi connectivity index (χ0) is 16.8. The summed E-state index contributed by atoms with van der Waals surface area (Å²) in [7, 11) is 0. The SMILES string of the molecule is CC1CCC(N(CC(=O)NC2CCOCC2)C[C@@H]2CCCO2)CC1. The fourth-order valence-electron chi connectivity index (χ4n) is 4.30. The van der Waals surface area contributed by atoms with Crippen LogP contribution in [0.2, 0.25) is 0 Å². The van der Waals surface area contributed by atoms with E-state index in [0.717, 1.165) is 58.0 Å². The Bertz CT molecular complexity index is 384. The summed E-state index contributed by atoms with van der Waals surface area (Å²) in [6.07, 6.45) is 9.52. The smallest absolute Gasteiger partial charge is 0.234 e. The molecule has 1 atom stereocenters.